The lowest BCUT2D eigenvalue weighted by atomic mass is 9.53. The third-order valence-electron chi connectivity index (χ3n) is 8.06. The first-order valence-electron chi connectivity index (χ1n) is 11.7. The van der Waals surface area contributed by atoms with E-state index in [1.165, 1.54) is 38.5 Å². The second kappa shape index (κ2) is 7.34. The van der Waals surface area contributed by atoms with Crippen molar-refractivity contribution in [2.75, 3.05) is 32.8 Å². The lowest BCUT2D eigenvalue weighted by molar-refractivity contribution is -0.0168. The third kappa shape index (κ3) is 3.34. The SMILES string of the molecule is O=C(NC12CC3CC(CC(C3)C1)C2)c1cc2ncccc2n1CCN1CCOCC1. The molecule has 0 atom stereocenters. The van der Waals surface area contributed by atoms with Crippen molar-refractivity contribution in [3.63, 3.8) is 0 Å². The zero-order valence-corrected chi connectivity index (χ0v) is 17.7. The summed E-state index contributed by atoms with van der Waals surface area (Å²) in [4.78, 5) is 20.5. The van der Waals surface area contributed by atoms with Crippen molar-refractivity contribution in [3.8, 4) is 0 Å². The van der Waals surface area contributed by atoms with Crippen molar-refractivity contribution in [1.82, 2.24) is 19.8 Å². The summed E-state index contributed by atoms with van der Waals surface area (Å²) >= 11 is 0. The van der Waals surface area contributed by atoms with E-state index in [0.29, 0.717) is 0 Å². The Labute approximate surface area is 178 Å². The first-order valence-corrected chi connectivity index (χ1v) is 11.7. The molecule has 0 spiro atoms. The number of pyridine rings is 1. The second-order valence-corrected chi connectivity index (χ2v) is 10.2. The van der Waals surface area contributed by atoms with E-state index in [4.69, 9.17) is 4.74 Å². The number of carbonyl (C=O) groups excluding carboxylic acids is 1. The number of fused-ring (bicyclic) bond motifs is 1. The van der Waals surface area contributed by atoms with Crippen molar-refractivity contribution in [1.29, 1.82) is 0 Å². The van der Waals surface area contributed by atoms with Gasteiger partial charge in [0.2, 0.25) is 0 Å². The van der Waals surface area contributed by atoms with Gasteiger partial charge in [0.25, 0.3) is 5.91 Å². The zero-order valence-electron chi connectivity index (χ0n) is 17.7. The number of hydrogen-bond acceptors (Lipinski definition) is 4. The van der Waals surface area contributed by atoms with Crippen LogP contribution in [0.5, 0.6) is 0 Å². The molecule has 1 saturated heterocycles. The van der Waals surface area contributed by atoms with Crippen molar-refractivity contribution < 1.29 is 9.53 Å². The Morgan fingerprint density at radius 1 is 1.10 bits per heavy atom. The van der Waals surface area contributed by atoms with E-state index < -0.39 is 0 Å². The average Bonchev–Trinajstić information content (AvgIpc) is 3.10. The van der Waals surface area contributed by atoms with Gasteiger partial charge >= 0.3 is 0 Å². The Morgan fingerprint density at radius 3 is 2.50 bits per heavy atom. The summed E-state index contributed by atoms with van der Waals surface area (Å²) in [6.45, 7) is 5.26. The number of nitrogens with zero attached hydrogens (tertiary/aromatic N) is 3. The molecule has 6 heteroatoms. The van der Waals surface area contributed by atoms with E-state index in [-0.39, 0.29) is 11.4 Å². The molecule has 1 N–H and O–H groups in total. The Balaban J connectivity index is 1.26. The highest BCUT2D eigenvalue weighted by molar-refractivity contribution is 5.98. The first kappa shape index (κ1) is 18.8. The van der Waals surface area contributed by atoms with Crippen LogP contribution >= 0.6 is 0 Å². The number of amides is 1. The lowest BCUT2D eigenvalue weighted by Crippen LogP contribution is -2.60. The van der Waals surface area contributed by atoms with Gasteiger partial charge in [-0.15, -0.1) is 0 Å². The van der Waals surface area contributed by atoms with Crippen LogP contribution in [0.3, 0.4) is 0 Å². The maximum absolute atomic E-state index is 13.6. The minimum atomic E-state index is 0.0325. The fourth-order valence-corrected chi connectivity index (χ4v) is 7.15. The van der Waals surface area contributed by atoms with Gasteiger partial charge in [0.1, 0.15) is 5.69 Å². The highest BCUT2D eigenvalue weighted by Crippen LogP contribution is 2.55. The molecule has 160 valence electrons. The van der Waals surface area contributed by atoms with Gasteiger partial charge in [-0.05, 0) is 74.5 Å². The minimum absolute atomic E-state index is 0.0325. The normalized spacial score (nSPS) is 33.3. The van der Waals surface area contributed by atoms with E-state index in [0.717, 1.165) is 73.9 Å². The molecule has 1 aliphatic heterocycles. The fraction of sp³-hybridized carbons (Fsp3) is 0.667. The molecule has 7 rings (SSSR count). The predicted molar refractivity (Wildman–Crippen MR) is 115 cm³/mol. The maximum atomic E-state index is 13.6. The molecular formula is C24H32N4O2. The van der Waals surface area contributed by atoms with Crippen LogP contribution in [0.4, 0.5) is 0 Å². The number of ether oxygens (including phenoxy) is 1. The van der Waals surface area contributed by atoms with Crippen LogP contribution in [0.1, 0.15) is 49.0 Å². The summed E-state index contributed by atoms with van der Waals surface area (Å²) in [6.07, 6.45) is 9.51. The van der Waals surface area contributed by atoms with Gasteiger partial charge in [0.15, 0.2) is 0 Å². The molecule has 30 heavy (non-hydrogen) atoms. The second-order valence-electron chi connectivity index (χ2n) is 10.2. The molecule has 0 radical (unpaired) electrons. The van der Waals surface area contributed by atoms with Gasteiger partial charge in [0.05, 0.1) is 24.2 Å². The predicted octanol–water partition coefficient (Wildman–Crippen LogP) is 3.07. The largest absolute Gasteiger partial charge is 0.379 e. The fourth-order valence-electron chi connectivity index (χ4n) is 7.15. The summed E-state index contributed by atoms with van der Waals surface area (Å²) in [5.41, 5.74) is 2.77. The molecule has 1 amide bonds. The molecule has 5 aliphatic rings. The van der Waals surface area contributed by atoms with Crippen LogP contribution in [0, 0.1) is 17.8 Å². The zero-order chi connectivity index (χ0) is 20.1. The molecule has 0 aromatic carbocycles. The van der Waals surface area contributed by atoms with Gasteiger partial charge in [-0.2, -0.15) is 0 Å². The van der Waals surface area contributed by atoms with Crippen LogP contribution < -0.4 is 5.32 Å². The number of carbonyl (C=O) groups is 1. The van der Waals surface area contributed by atoms with Crippen molar-refractivity contribution in [3.05, 3.63) is 30.1 Å². The van der Waals surface area contributed by atoms with E-state index in [9.17, 15) is 4.79 Å². The Bertz CT molecular complexity index is 911. The average molecular weight is 409 g/mol. The van der Waals surface area contributed by atoms with Crippen LogP contribution in [-0.2, 0) is 11.3 Å². The highest BCUT2D eigenvalue weighted by atomic mass is 16.5. The van der Waals surface area contributed by atoms with Gasteiger partial charge in [-0.1, -0.05) is 0 Å². The molecule has 4 bridgehead atoms. The summed E-state index contributed by atoms with van der Waals surface area (Å²) in [5, 5.41) is 3.56. The lowest BCUT2D eigenvalue weighted by Gasteiger charge is -2.56. The smallest absolute Gasteiger partial charge is 0.268 e. The van der Waals surface area contributed by atoms with Crippen LogP contribution in [0.25, 0.3) is 11.0 Å². The molecule has 4 aliphatic carbocycles. The summed E-state index contributed by atoms with van der Waals surface area (Å²) in [7, 11) is 0. The minimum Gasteiger partial charge on any atom is -0.379 e. The molecule has 6 nitrogen and oxygen atoms in total. The quantitative estimate of drug-likeness (QED) is 0.826. The van der Waals surface area contributed by atoms with Crippen LogP contribution in [0.15, 0.2) is 24.4 Å². The van der Waals surface area contributed by atoms with Gasteiger partial charge in [-0.3, -0.25) is 14.7 Å². The molecule has 5 fully saturated rings. The Morgan fingerprint density at radius 2 is 1.80 bits per heavy atom. The maximum Gasteiger partial charge on any atom is 0.268 e. The van der Waals surface area contributed by atoms with Gasteiger partial charge in [0, 0.05) is 37.9 Å². The molecule has 2 aromatic rings. The van der Waals surface area contributed by atoms with Crippen molar-refractivity contribution in [2.24, 2.45) is 17.8 Å². The van der Waals surface area contributed by atoms with E-state index in [1.807, 2.05) is 18.3 Å². The molecule has 0 unspecified atom stereocenters. The van der Waals surface area contributed by atoms with E-state index in [2.05, 4.69) is 25.8 Å². The molecular weight excluding hydrogens is 376 g/mol. The molecule has 2 aromatic heterocycles. The third-order valence-corrected chi connectivity index (χ3v) is 8.06. The van der Waals surface area contributed by atoms with E-state index in [1.54, 1.807) is 0 Å². The monoisotopic (exact) mass is 408 g/mol. The van der Waals surface area contributed by atoms with Crippen LogP contribution in [-0.4, -0.2) is 58.7 Å². The number of rotatable bonds is 5. The summed E-state index contributed by atoms with van der Waals surface area (Å²) in [6, 6.07) is 6.04. The summed E-state index contributed by atoms with van der Waals surface area (Å²) in [5.74, 6) is 2.57. The number of aromatic nitrogens is 2. The molecule has 3 heterocycles. The number of nitrogens with one attached hydrogen (secondary N) is 1. The Hall–Kier alpha value is -1.92. The number of morpholine rings is 1. The van der Waals surface area contributed by atoms with Crippen molar-refractivity contribution in [2.45, 2.75) is 50.6 Å². The highest BCUT2D eigenvalue weighted by Gasteiger charge is 2.51. The summed E-state index contributed by atoms with van der Waals surface area (Å²) < 4.78 is 7.67. The first-order chi connectivity index (χ1) is 14.7. The van der Waals surface area contributed by atoms with Crippen LogP contribution in [0.2, 0.25) is 0 Å². The molecule has 4 saturated carbocycles. The number of hydrogen-bond donors (Lipinski definition) is 1. The standard InChI is InChI=1S/C24H32N4O2/c29-23(26-24-14-17-10-18(15-24)12-19(11-17)16-24)22-13-20-21(2-1-3-25-20)28(22)5-4-27-6-8-30-9-7-27/h1-3,13,17-19H,4-12,14-16H2,(H,26,29). The Kier molecular flexibility index (Phi) is 4.61. The van der Waals surface area contributed by atoms with E-state index >= 15 is 0 Å². The topological polar surface area (TPSA) is 59.4 Å². The van der Waals surface area contributed by atoms with Gasteiger partial charge in [-0.25, -0.2) is 0 Å². The van der Waals surface area contributed by atoms with Crippen molar-refractivity contribution >= 4 is 16.9 Å². The van der Waals surface area contributed by atoms with Gasteiger partial charge < -0.3 is 14.6 Å².